The van der Waals surface area contributed by atoms with E-state index in [-0.39, 0.29) is 24.4 Å². The number of carbonyl (C=O) groups excluding carboxylic acids is 4. The van der Waals surface area contributed by atoms with Crippen molar-refractivity contribution in [1.29, 1.82) is 0 Å². The molecule has 0 saturated carbocycles. The van der Waals surface area contributed by atoms with Gasteiger partial charge in [0, 0.05) is 20.0 Å². The Kier molecular flexibility index (Phi) is 6.10. The lowest BCUT2D eigenvalue weighted by Gasteiger charge is -2.22. The van der Waals surface area contributed by atoms with Crippen LogP contribution in [0.1, 0.15) is 23.2 Å². The Morgan fingerprint density at radius 1 is 1.28 bits per heavy atom. The molecule has 0 radical (unpaired) electrons. The standard InChI is InChI=1S/C17H20N2O6/c1-19(13-6-4-3-5-12(13)17(23)24-2)15(21)10-25-16(22)11-7-8-14(20)18-9-11/h3-6,11H,7-10H2,1-2H3,(H,18,20). The number of benzene rings is 1. The van der Waals surface area contributed by atoms with Crippen molar-refractivity contribution in [1.82, 2.24) is 5.32 Å². The van der Waals surface area contributed by atoms with E-state index in [0.29, 0.717) is 12.1 Å². The topological polar surface area (TPSA) is 102 Å². The minimum Gasteiger partial charge on any atom is -0.465 e. The molecule has 2 rings (SSSR count). The molecule has 134 valence electrons. The lowest BCUT2D eigenvalue weighted by atomic mass is 10.00. The fourth-order valence-electron chi connectivity index (χ4n) is 2.46. The van der Waals surface area contributed by atoms with Crippen LogP contribution in [0.25, 0.3) is 0 Å². The van der Waals surface area contributed by atoms with Crippen LogP contribution in [0.5, 0.6) is 0 Å². The Hall–Kier alpha value is -2.90. The highest BCUT2D eigenvalue weighted by Gasteiger charge is 2.27. The lowest BCUT2D eigenvalue weighted by Crippen LogP contribution is -2.40. The van der Waals surface area contributed by atoms with Crippen LogP contribution in [-0.4, -0.2) is 51.1 Å². The monoisotopic (exact) mass is 348 g/mol. The first-order valence-corrected chi connectivity index (χ1v) is 7.81. The van der Waals surface area contributed by atoms with E-state index in [4.69, 9.17) is 9.47 Å². The van der Waals surface area contributed by atoms with E-state index in [1.165, 1.54) is 19.1 Å². The number of nitrogens with zero attached hydrogens (tertiary/aromatic N) is 1. The number of esters is 2. The highest BCUT2D eigenvalue weighted by atomic mass is 16.5. The highest BCUT2D eigenvalue weighted by molar-refractivity contribution is 6.03. The van der Waals surface area contributed by atoms with Crippen molar-refractivity contribution in [2.75, 3.05) is 32.2 Å². The van der Waals surface area contributed by atoms with E-state index in [0.717, 1.165) is 0 Å². The van der Waals surface area contributed by atoms with Crippen molar-refractivity contribution in [2.24, 2.45) is 5.92 Å². The number of nitrogens with one attached hydrogen (secondary N) is 1. The number of anilines is 1. The van der Waals surface area contributed by atoms with Gasteiger partial charge >= 0.3 is 11.9 Å². The molecule has 2 amide bonds. The number of ether oxygens (including phenoxy) is 2. The fourth-order valence-corrected chi connectivity index (χ4v) is 2.46. The van der Waals surface area contributed by atoms with Gasteiger partial charge in [0.1, 0.15) is 0 Å². The maximum absolute atomic E-state index is 12.3. The molecule has 1 unspecified atom stereocenters. The highest BCUT2D eigenvalue weighted by Crippen LogP contribution is 2.20. The van der Waals surface area contributed by atoms with Crippen molar-refractivity contribution in [3.8, 4) is 0 Å². The van der Waals surface area contributed by atoms with Crippen LogP contribution in [0.3, 0.4) is 0 Å². The molecule has 1 fully saturated rings. The van der Waals surface area contributed by atoms with Gasteiger partial charge in [-0.15, -0.1) is 0 Å². The van der Waals surface area contributed by atoms with Gasteiger partial charge in [0.2, 0.25) is 5.91 Å². The van der Waals surface area contributed by atoms with Gasteiger partial charge in [-0.2, -0.15) is 0 Å². The van der Waals surface area contributed by atoms with E-state index in [2.05, 4.69) is 5.32 Å². The third kappa shape index (κ3) is 4.56. The van der Waals surface area contributed by atoms with Crippen LogP contribution < -0.4 is 10.2 Å². The zero-order chi connectivity index (χ0) is 18.4. The largest absolute Gasteiger partial charge is 0.465 e. The second-order valence-electron chi connectivity index (χ2n) is 5.61. The molecule has 1 aromatic carbocycles. The van der Waals surface area contributed by atoms with Crippen molar-refractivity contribution in [3.05, 3.63) is 29.8 Å². The molecule has 1 saturated heterocycles. The Balaban J connectivity index is 1.96. The second-order valence-corrected chi connectivity index (χ2v) is 5.61. The molecule has 0 bridgehead atoms. The summed E-state index contributed by atoms with van der Waals surface area (Å²) in [7, 11) is 2.74. The summed E-state index contributed by atoms with van der Waals surface area (Å²) in [5.74, 6) is -2.12. The first-order chi connectivity index (χ1) is 11.9. The lowest BCUT2D eigenvalue weighted by molar-refractivity contribution is -0.153. The molecular formula is C17H20N2O6. The summed E-state index contributed by atoms with van der Waals surface area (Å²) in [4.78, 5) is 48.4. The van der Waals surface area contributed by atoms with E-state index in [9.17, 15) is 19.2 Å². The quantitative estimate of drug-likeness (QED) is 0.778. The second kappa shape index (κ2) is 8.27. The van der Waals surface area contributed by atoms with E-state index in [1.54, 1.807) is 24.3 Å². The molecule has 1 heterocycles. The number of carbonyl (C=O) groups is 4. The molecule has 1 aliphatic heterocycles. The summed E-state index contributed by atoms with van der Waals surface area (Å²) in [6.45, 7) is -0.234. The zero-order valence-corrected chi connectivity index (χ0v) is 14.1. The summed E-state index contributed by atoms with van der Waals surface area (Å²) in [5.41, 5.74) is 0.600. The Bertz CT molecular complexity index is 677. The van der Waals surface area contributed by atoms with Crippen LogP contribution in [-0.2, 0) is 23.9 Å². The summed E-state index contributed by atoms with van der Waals surface area (Å²) < 4.78 is 9.75. The normalized spacial score (nSPS) is 16.6. The molecule has 8 heteroatoms. The van der Waals surface area contributed by atoms with Gasteiger partial charge in [0.05, 0.1) is 24.3 Å². The SMILES string of the molecule is COC(=O)c1ccccc1N(C)C(=O)COC(=O)C1CCC(=O)NC1. The van der Waals surface area contributed by atoms with Gasteiger partial charge in [0.15, 0.2) is 6.61 Å². The summed E-state index contributed by atoms with van der Waals surface area (Å²) in [6, 6.07) is 6.48. The number of likely N-dealkylation sites (N-methyl/N-ethyl adjacent to an activating group) is 1. The van der Waals surface area contributed by atoms with Gasteiger partial charge in [-0.1, -0.05) is 12.1 Å². The number of methoxy groups -OCH3 is 1. The van der Waals surface area contributed by atoms with Crippen LogP contribution >= 0.6 is 0 Å². The van der Waals surface area contributed by atoms with Gasteiger partial charge in [-0.25, -0.2) is 4.79 Å². The van der Waals surface area contributed by atoms with E-state index < -0.39 is 30.4 Å². The predicted octanol–water partition coefficient (Wildman–Crippen LogP) is 0.505. The molecule has 0 aliphatic carbocycles. The van der Waals surface area contributed by atoms with Gasteiger partial charge < -0.3 is 19.7 Å². The number of piperidine rings is 1. The Morgan fingerprint density at radius 3 is 2.64 bits per heavy atom. The zero-order valence-electron chi connectivity index (χ0n) is 14.1. The fraction of sp³-hybridized carbons (Fsp3) is 0.412. The first kappa shape index (κ1) is 18.4. The third-order valence-electron chi connectivity index (χ3n) is 3.98. The average Bonchev–Trinajstić information content (AvgIpc) is 2.65. The average molecular weight is 348 g/mol. The van der Waals surface area contributed by atoms with Crippen LogP contribution in [0.4, 0.5) is 5.69 Å². The molecule has 1 N–H and O–H groups in total. The number of para-hydroxylation sites is 1. The molecular weight excluding hydrogens is 328 g/mol. The molecule has 1 atom stereocenters. The number of amides is 2. The molecule has 8 nitrogen and oxygen atoms in total. The van der Waals surface area contributed by atoms with Crippen molar-refractivity contribution in [2.45, 2.75) is 12.8 Å². The van der Waals surface area contributed by atoms with Crippen LogP contribution in [0.2, 0.25) is 0 Å². The van der Waals surface area contributed by atoms with Gasteiger partial charge in [-0.3, -0.25) is 14.4 Å². The Labute approximate surface area is 145 Å². The maximum Gasteiger partial charge on any atom is 0.339 e. The number of hydrogen-bond acceptors (Lipinski definition) is 6. The summed E-state index contributed by atoms with van der Waals surface area (Å²) >= 11 is 0. The number of rotatable bonds is 5. The van der Waals surface area contributed by atoms with Crippen LogP contribution in [0.15, 0.2) is 24.3 Å². The molecule has 0 spiro atoms. The maximum atomic E-state index is 12.3. The molecule has 1 aromatic rings. The van der Waals surface area contributed by atoms with Crippen molar-refractivity contribution in [3.63, 3.8) is 0 Å². The van der Waals surface area contributed by atoms with Crippen molar-refractivity contribution < 1.29 is 28.7 Å². The van der Waals surface area contributed by atoms with Crippen molar-refractivity contribution >= 4 is 29.4 Å². The predicted molar refractivity (Wildman–Crippen MR) is 87.9 cm³/mol. The summed E-state index contributed by atoms with van der Waals surface area (Å²) in [6.07, 6.45) is 0.667. The van der Waals surface area contributed by atoms with Gasteiger partial charge in [0.25, 0.3) is 5.91 Å². The molecule has 0 aromatic heterocycles. The van der Waals surface area contributed by atoms with E-state index in [1.807, 2.05) is 0 Å². The van der Waals surface area contributed by atoms with Crippen LogP contribution in [0, 0.1) is 5.92 Å². The minimum absolute atomic E-state index is 0.0979. The Morgan fingerprint density at radius 2 is 2.00 bits per heavy atom. The summed E-state index contributed by atoms with van der Waals surface area (Å²) in [5, 5.41) is 2.59. The smallest absolute Gasteiger partial charge is 0.339 e. The number of hydrogen-bond donors (Lipinski definition) is 1. The van der Waals surface area contributed by atoms with E-state index >= 15 is 0 Å². The molecule has 1 aliphatic rings. The first-order valence-electron chi connectivity index (χ1n) is 7.81. The minimum atomic E-state index is -0.565. The molecule has 25 heavy (non-hydrogen) atoms. The van der Waals surface area contributed by atoms with Gasteiger partial charge in [-0.05, 0) is 18.6 Å². The third-order valence-corrected chi connectivity index (χ3v) is 3.98.